The Kier molecular flexibility index (Phi) is 5.36. The number of anilines is 1. The Balaban J connectivity index is 2.37. The van der Waals surface area contributed by atoms with Crippen molar-refractivity contribution >= 4 is 11.6 Å². The van der Waals surface area contributed by atoms with Crippen LogP contribution in [0.15, 0.2) is 24.3 Å². The van der Waals surface area contributed by atoms with Crippen LogP contribution in [0.1, 0.15) is 13.3 Å². The van der Waals surface area contributed by atoms with Gasteiger partial charge in [-0.1, -0.05) is 6.92 Å². The van der Waals surface area contributed by atoms with E-state index in [1.165, 1.54) is 0 Å². The van der Waals surface area contributed by atoms with Gasteiger partial charge in [-0.3, -0.25) is 4.79 Å². The van der Waals surface area contributed by atoms with Gasteiger partial charge in [0.15, 0.2) is 0 Å². The Morgan fingerprint density at radius 1 is 1.31 bits per heavy atom. The van der Waals surface area contributed by atoms with Gasteiger partial charge in [-0.15, -0.1) is 0 Å². The molecule has 0 aliphatic carbocycles. The summed E-state index contributed by atoms with van der Waals surface area (Å²) in [6.45, 7) is 3.61. The van der Waals surface area contributed by atoms with Gasteiger partial charge in [0, 0.05) is 18.7 Å². The number of carbonyl (C=O) groups excluding carboxylic acids is 1. The van der Waals surface area contributed by atoms with Crippen LogP contribution in [0.3, 0.4) is 0 Å². The first-order chi connectivity index (χ1) is 7.76. The molecular formula is C12H18N2O2. The Labute approximate surface area is 96.0 Å². The molecule has 0 spiro atoms. The van der Waals surface area contributed by atoms with Gasteiger partial charge in [-0.25, -0.2) is 0 Å². The van der Waals surface area contributed by atoms with E-state index >= 15 is 0 Å². The summed E-state index contributed by atoms with van der Waals surface area (Å²) in [6, 6.07) is 7.29. The predicted octanol–water partition coefficient (Wildman–Crippen LogP) is 1.63. The number of hydrogen-bond donors (Lipinski definition) is 2. The predicted molar refractivity (Wildman–Crippen MR) is 64.8 cm³/mol. The van der Waals surface area contributed by atoms with E-state index in [0.29, 0.717) is 13.0 Å². The van der Waals surface area contributed by atoms with Crippen molar-refractivity contribution in [1.29, 1.82) is 0 Å². The number of nitrogens with one attached hydrogen (secondary N) is 2. The van der Waals surface area contributed by atoms with E-state index in [9.17, 15) is 4.79 Å². The van der Waals surface area contributed by atoms with Crippen molar-refractivity contribution < 1.29 is 9.53 Å². The second kappa shape index (κ2) is 6.85. The zero-order valence-corrected chi connectivity index (χ0v) is 9.75. The molecule has 0 fully saturated rings. The molecule has 1 aromatic carbocycles. The summed E-state index contributed by atoms with van der Waals surface area (Å²) in [5.74, 6) is 0.803. The van der Waals surface area contributed by atoms with Crippen LogP contribution >= 0.6 is 0 Å². The summed E-state index contributed by atoms with van der Waals surface area (Å²) >= 11 is 0. The molecule has 1 aromatic rings. The molecule has 0 bridgehead atoms. The Bertz CT molecular complexity index is 322. The third-order valence-electron chi connectivity index (χ3n) is 2.15. The molecule has 2 N–H and O–H groups in total. The zero-order valence-electron chi connectivity index (χ0n) is 9.75. The van der Waals surface area contributed by atoms with Crippen LogP contribution in [0.4, 0.5) is 5.69 Å². The standard InChI is InChI=1S/C12H18N2O2/c1-3-13-9-8-12(15)14-10-4-6-11(16-2)7-5-10/h4-7,13H,3,8-9H2,1-2H3,(H,14,15). The molecule has 1 rings (SSSR count). The monoisotopic (exact) mass is 222 g/mol. The SMILES string of the molecule is CCNCCC(=O)Nc1ccc(OC)cc1. The summed E-state index contributed by atoms with van der Waals surface area (Å²) in [7, 11) is 1.62. The van der Waals surface area contributed by atoms with Gasteiger partial charge in [-0.2, -0.15) is 0 Å². The van der Waals surface area contributed by atoms with Gasteiger partial charge >= 0.3 is 0 Å². The first-order valence-corrected chi connectivity index (χ1v) is 5.41. The van der Waals surface area contributed by atoms with E-state index < -0.39 is 0 Å². The van der Waals surface area contributed by atoms with Crippen molar-refractivity contribution in [1.82, 2.24) is 5.32 Å². The third kappa shape index (κ3) is 4.31. The molecule has 0 heterocycles. The molecular weight excluding hydrogens is 204 g/mol. The average molecular weight is 222 g/mol. The molecule has 1 amide bonds. The molecule has 0 atom stereocenters. The number of ether oxygens (including phenoxy) is 1. The number of amides is 1. The van der Waals surface area contributed by atoms with Crippen LogP contribution in [0.2, 0.25) is 0 Å². The van der Waals surface area contributed by atoms with E-state index in [1.807, 2.05) is 31.2 Å². The van der Waals surface area contributed by atoms with Gasteiger partial charge < -0.3 is 15.4 Å². The smallest absolute Gasteiger partial charge is 0.225 e. The van der Waals surface area contributed by atoms with Crippen LogP contribution in [0, 0.1) is 0 Å². The maximum Gasteiger partial charge on any atom is 0.225 e. The fourth-order valence-corrected chi connectivity index (χ4v) is 1.28. The minimum Gasteiger partial charge on any atom is -0.497 e. The molecule has 88 valence electrons. The molecule has 16 heavy (non-hydrogen) atoms. The van der Waals surface area contributed by atoms with Crippen molar-refractivity contribution in [3.8, 4) is 5.75 Å². The lowest BCUT2D eigenvalue weighted by Crippen LogP contribution is -2.21. The minimum absolute atomic E-state index is 0.0196. The highest BCUT2D eigenvalue weighted by Gasteiger charge is 2.01. The zero-order chi connectivity index (χ0) is 11.8. The van der Waals surface area contributed by atoms with E-state index in [1.54, 1.807) is 7.11 Å². The molecule has 0 radical (unpaired) electrons. The van der Waals surface area contributed by atoms with Crippen LogP contribution in [0.5, 0.6) is 5.75 Å². The van der Waals surface area contributed by atoms with Crippen molar-refractivity contribution in [2.24, 2.45) is 0 Å². The van der Waals surface area contributed by atoms with Crippen LogP contribution in [-0.4, -0.2) is 26.1 Å². The largest absolute Gasteiger partial charge is 0.497 e. The highest BCUT2D eigenvalue weighted by molar-refractivity contribution is 5.90. The second-order valence-electron chi connectivity index (χ2n) is 3.38. The molecule has 0 aromatic heterocycles. The highest BCUT2D eigenvalue weighted by Crippen LogP contribution is 2.14. The van der Waals surface area contributed by atoms with Crippen LogP contribution in [0.25, 0.3) is 0 Å². The van der Waals surface area contributed by atoms with Gasteiger partial charge in [-0.05, 0) is 30.8 Å². The molecule has 0 saturated carbocycles. The number of hydrogen-bond acceptors (Lipinski definition) is 3. The molecule has 0 unspecified atom stereocenters. The first-order valence-electron chi connectivity index (χ1n) is 5.41. The van der Waals surface area contributed by atoms with Gasteiger partial charge in [0.2, 0.25) is 5.91 Å². The number of methoxy groups -OCH3 is 1. The Morgan fingerprint density at radius 3 is 2.56 bits per heavy atom. The molecule has 0 aliphatic rings. The van der Waals surface area contributed by atoms with Crippen molar-refractivity contribution in [3.63, 3.8) is 0 Å². The van der Waals surface area contributed by atoms with E-state index in [-0.39, 0.29) is 5.91 Å². The van der Waals surface area contributed by atoms with Gasteiger partial charge in [0.05, 0.1) is 7.11 Å². The summed E-state index contributed by atoms with van der Waals surface area (Å²) in [4.78, 5) is 11.5. The van der Waals surface area contributed by atoms with Gasteiger partial charge in [0.25, 0.3) is 0 Å². The maximum absolute atomic E-state index is 11.5. The number of rotatable bonds is 6. The van der Waals surface area contributed by atoms with Crippen molar-refractivity contribution in [2.45, 2.75) is 13.3 Å². The molecule has 0 saturated heterocycles. The highest BCUT2D eigenvalue weighted by atomic mass is 16.5. The van der Waals surface area contributed by atoms with E-state index in [2.05, 4.69) is 10.6 Å². The van der Waals surface area contributed by atoms with E-state index in [4.69, 9.17) is 4.74 Å². The fraction of sp³-hybridized carbons (Fsp3) is 0.417. The first kappa shape index (κ1) is 12.5. The van der Waals surface area contributed by atoms with Crippen LogP contribution < -0.4 is 15.4 Å². The van der Waals surface area contributed by atoms with Gasteiger partial charge in [0.1, 0.15) is 5.75 Å². The van der Waals surface area contributed by atoms with Crippen molar-refractivity contribution in [2.75, 3.05) is 25.5 Å². The number of benzene rings is 1. The quantitative estimate of drug-likeness (QED) is 0.719. The lowest BCUT2D eigenvalue weighted by atomic mass is 10.3. The summed E-state index contributed by atoms with van der Waals surface area (Å²) in [5, 5.41) is 5.92. The average Bonchev–Trinajstić information content (AvgIpc) is 2.30. The Hall–Kier alpha value is -1.55. The summed E-state index contributed by atoms with van der Waals surface area (Å²) in [6.07, 6.45) is 0.486. The van der Waals surface area contributed by atoms with Crippen molar-refractivity contribution in [3.05, 3.63) is 24.3 Å². The molecule has 4 nitrogen and oxygen atoms in total. The van der Waals surface area contributed by atoms with Crippen LogP contribution in [-0.2, 0) is 4.79 Å². The maximum atomic E-state index is 11.5. The third-order valence-corrected chi connectivity index (χ3v) is 2.15. The second-order valence-corrected chi connectivity index (χ2v) is 3.38. The lowest BCUT2D eigenvalue weighted by Gasteiger charge is -2.06. The normalized spacial score (nSPS) is 9.88. The van der Waals surface area contributed by atoms with E-state index in [0.717, 1.165) is 18.0 Å². The fourth-order valence-electron chi connectivity index (χ4n) is 1.28. The molecule has 0 aliphatic heterocycles. The summed E-state index contributed by atoms with van der Waals surface area (Å²) in [5.41, 5.74) is 0.794. The topological polar surface area (TPSA) is 50.4 Å². The molecule has 4 heteroatoms. The Morgan fingerprint density at radius 2 is 2.00 bits per heavy atom. The minimum atomic E-state index is 0.0196. The summed E-state index contributed by atoms with van der Waals surface area (Å²) < 4.78 is 5.03. The number of carbonyl (C=O) groups is 1. The lowest BCUT2D eigenvalue weighted by molar-refractivity contribution is -0.116.